The number of amides is 1. The van der Waals surface area contributed by atoms with Crippen molar-refractivity contribution in [1.82, 2.24) is 10.1 Å². The van der Waals surface area contributed by atoms with Crippen LogP contribution in [0.4, 0.5) is 0 Å². The number of ether oxygens (including phenoxy) is 5. The van der Waals surface area contributed by atoms with Crippen LogP contribution in [-0.4, -0.2) is 63.7 Å². The van der Waals surface area contributed by atoms with Crippen molar-refractivity contribution >= 4 is 5.91 Å². The first-order valence-electron chi connectivity index (χ1n) is 11.4. The van der Waals surface area contributed by atoms with Gasteiger partial charge in [-0.25, -0.2) is 0 Å². The van der Waals surface area contributed by atoms with Crippen molar-refractivity contribution in [2.24, 2.45) is 0 Å². The highest BCUT2D eigenvalue weighted by molar-refractivity contribution is 5.94. The summed E-state index contributed by atoms with van der Waals surface area (Å²) in [6, 6.07) is 12.5. The molecule has 0 N–H and O–H groups in total. The minimum Gasteiger partial charge on any atom is -0.497 e. The monoisotopic (exact) mass is 482 g/mol. The molecule has 35 heavy (non-hydrogen) atoms. The number of nitrogens with zero attached hydrogens (tertiary/aromatic N) is 2. The molecule has 3 aromatic rings. The SMILES string of the molecule is COc1cccc(C(=O)N(Cc2cc(-c3cc(OC)c(OC)c(OC)c3)on2)C[C@@H]2CCCO2)c1. The van der Waals surface area contributed by atoms with Crippen LogP contribution in [0.2, 0.25) is 0 Å². The molecule has 0 spiro atoms. The molecule has 9 heteroatoms. The zero-order chi connectivity index (χ0) is 24.8. The van der Waals surface area contributed by atoms with Gasteiger partial charge in [-0.1, -0.05) is 11.2 Å². The van der Waals surface area contributed by atoms with Crippen LogP contribution < -0.4 is 18.9 Å². The van der Waals surface area contributed by atoms with E-state index < -0.39 is 0 Å². The quantitative estimate of drug-likeness (QED) is 0.425. The molecule has 2 aromatic carbocycles. The van der Waals surface area contributed by atoms with E-state index in [9.17, 15) is 4.79 Å². The molecule has 0 unspecified atom stereocenters. The first-order chi connectivity index (χ1) is 17.1. The summed E-state index contributed by atoms with van der Waals surface area (Å²) < 4.78 is 33.0. The van der Waals surface area contributed by atoms with Crippen LogP contribution in [0.15, 0.2) is 47.0 Å². The van der Waals surface area contributed by atoms with E-state index in [4.69, 9.17) is 28.2 Å². The molecule has 0 radical (unpaired) electrons. The van der Waals surface area contributed by atoms with Crippen LogP contribution >= 0.6 is 0 Å². The molecule has 1 saturated heterocycles. The van der Waals surface area contributed by atoms with E-state index >= 15 is 0 Å². The van der Waals surface area contributed by atoms with Crippen LogP contribution in [0.25, 0.3) is 11.3 Å². The Morgan fingerprint density at radius 1 is 1.03 bits per heavy atom. The summed E-state index contributed by atoms with van der Waals surface area (Å²) >= 11 is 0. The Labute approximate surface area is 204 Å². The number of benzene rings is 2. The lowest BCUT2D eigenvalue weighted by Gasteiger charge is -2.25. The molecule has 1 aliphatic heterocycles. The van der Waals surface area contributed by atoms with Gasteiger partial charge in [-0.15, -0.1) is 0 Å². The molecule has 186 valence electrons. The van der Waals surface area contributed by atoms with E-state index in [0.29, 0.717) is 58.7 Å². The van der Waals surface area contributed by atoms with Crippen molar-refractivity contribution in [2.75, 3.05) is 41.6 Å². The smallest absolute Gasteiger partial charge is 0.254 e. The van der Waals surface area contributed by atoms with Crippen molar-refractivity contribution in [2.45, 2.75) is 25.5 Å². The average molecular weight is 483 g/mol. The summed E-state index contributed by atoms with van der Waals surface area (Å²) in [5.41, 5.74) is 1.86. The van der Waals surface area contributed by atoms with Gasteiger partial charge < -0.3 is 33.1 Å². The molecule has 9 nitrogen and oxygen atoms in total. The first-order valence-corrected chi connectivity index (χ1v) is 11.4. The molecule has 1 aromatic heterocycles. The summed E-state index contributed by atoms with van der Waals surface area (Å²) in [4.78, 5) is 15.2. The van der Waals surface area contributed by atoms with Crippen LogP contribution in [0, 0.1) is 0 Å². The molecule has 0 bridgehead atoms. The number of carbonyl (C=O) groups excluding carboxylic acids is 1. The summed E-state index contributed by atoms with van der Waals surface area (Å²) in [6.45, 7) is 1.44. The Morgan fingerprint density at radius 3 is 2.43 bits per heavy atom. The molecule has 4 rings (SSSR count). The van der Waals surface area contributed by atoms with E-state index in [2.05, 4.69) is 5.16 Å². The molecule has 2 heterocycles. The maximum absolute atomic E-state index is 13.4. The van der Waals surface area contributed by atoms with Crippen molar-refractivity contribution < 1.29 is 33.0 Å². The molecule has 1 amide bonds. The average Bonchev–Trinajstić information content (AvgIpc) is 3.59. The number of methoxy groups -OCH3 is 4. The zero-order valence-corrected chi connectivity index (χ0v) is 20.4. The van der Waals surface area contributed by atoms with Crippen molar-refractivity contribution in [1.29, 1.82) is 0 Å². The minimum atomic E-state index is -0.128. The standard InChI is InChI=1S/C26H30N2O7/c1-30-20-8-5-7-17(11-20)26(29)28(16-21-9-6-10-34-21)15-19-14-22(35-27-19)18-12-23(31-2)25(33-4)24(13-18)32-3/h5,7-8,11-14,21H,6,9-10,15-16H2,1-4H3/t21-/m0/s1. The predicted molar refractivity (Wildman–Crippen MR) is 128 cm³/mol. The van der Waals surface area contributed by atoms with Gasteiger partial charge in [0.2, 0.25) is 5.75 Å². The lowest BCUT2D eigenvalue weighted by Crippen LogP contribution is -2.37. The zero-order valence-electron chi connectivity index (χ0n) is 20.4. The lowest BCUT2D eigenvalue weighted by atomic mass is 10.1. The Bertz CT molecular complexity index is 1130. The third-order valence-electron chi connectivity index (χ3n) is 5.91. The van der Waals surface area contributed by atoms with Gasteiger partial charge in [0.25, 0.3) is 5.91 Å². The summed E-state index contributed by atoms with van der Waals surface area (Å²) in [5.74, 6) is 2.52. The molecular weight excluding hydrogens is 452 g/mol. The van der Waals surface area contributed by atoms with E-state index in [-0.39, 0.29) is 18.6 Å². The maximum atomic E-state index is 13.4. The maximum Gasteiger partial charge on any atom is 0.254 e. The fraction of sp³-hybridized carbons (Fsp3) is 0.385. The third-order valence-corrected chi connectivity index (χ3v) is 5.91. The van der Waals surface area contributed by atoms with Gasteiger partial charge in [0.05, 0.1) is 41.1 Å². The van der Waals surface area contributed by atoms with Gasteiger partial charge in [0, 0.05) is 30.3 Å². The second-order valence-electron chi connectivity index (χ2n) is 8.15. The molecule has 1 fully saturated rings. The van der Waals surface area contributed by atoms with E-state index in [0.717, 1.165) is 12.8 Å². The Morgan fingerprint density at radius 2 is 1.80 bits per heavy atom. The highest BCUT2D eigenvalue weighted by Crippen LogP contribution is 2.41. The van der Waals surface area contributed by atoms with Crippen molar-refractivity contribution in [3.8, 4) is 34.3 Å². The number of aromatic nitrogens is 1. The van der Waals surface area contributed by atoms with Gasteiger partial charge in [0.15, 0.2) is 17.3 Å². The Balaban J connectivity index is 1.60. The topological polar surface area (TPSA) is 92.5 Å². The van der Waals surface area contributed by atoms with Gasteiger partial charge in [-0.05, 0) is 43.2 Å². The van der Waals surface area contributed by atoms with Gasteiger partial charge >= 0.3 is 0 Å². The molecule has 1 aliphatic rings. The van der Waals surface area contributed by atoms with Gasteiger partial charge in [0.1, 0.15) is 11.4 Å². The van der Waals surface area contributed by atoms with Crippen molar-refractivity contribution in [3.05, 3.63) is 53.7 Å². The highest BCUT2D eigenvalue weighted by Gasteiger charge is 2.25. The van der Waals surface area contributed by atoms with E-state index in [1.54, 1.807) is 63.7 Å². The van der Waals surface area contributed by atoms with E-state index in [1.165, 1.54) is 0 Å². The Kier molecular flexibility index (Phi) is 7.77. The molecule has 1 atom stereocenters. The largest absolute Gasteiger partial charge is 0.497 e. The van der Waals surface area contributed by atoms with Crippen LogP contribution in [0.5, 0.6) is 23.0 Å². The Hall–Kier alpha value is -3.72. The van der Waals surface area contributed by atoms with E-state index in [1.807, 2.05) is 12.1 Å². The minimum absolute atomic E-state index is 0.00830. The predicted octanol–water partition coefficient (Wildman–Crippen LogP) is 4.20. The fourth-order valence-corrected chi connectivity index (χ4v) is 4.13. The van der Waals surface area contributed by atoms with Crippen LogP contribution in [0.3, 0.4) is 0 Å². The number of hydrogen-bond donors (Lipinski definition) is 0. The number of rotatable bonds is 10. The van der Waals surface area contributed by atoms with Crippen LogP contribution in [-0.2, 0) is 11.3 Å². The normalized spacial score (nSPS) is 15.0. The van der Waals surface area contributed by atoms with Crippen LogP contribution in [0.1, 0.15) is 28.9 Å². The molecule has 0 saturated carbocycles. The second kappa shape index (κ2) is 11.1. The van der Waals surface area contributed by atoms with Gasteiger partial charge in [-0.2, -0.15) is 0 Å². The van der Waals surface area contributed by atoms with Crippen molar-refractivity contribution in [3.63, 3.8) is 0 Å². The summed E-state index contributed by atoms with van der Waals surface area (Å²) in [5, 5.41) is 4.22. The molecular formula is C26H30N2O7. The third kappa shape index (κ3) is 5.51. The number of hydrogen-bond acceptors (Lipinski definition) is 8. The summed E-state index contributed by atoms with van der Waals surface area (Å²) in [6.07, 6.45) is 1.89. The lowest BCUT2D eigenvalue weighted by molar-refractivity contribution is 0.0502. The first kappa shape index (κ1) is 24.4. The second-order valence-corrected chi connectivity index (χ2v) is 8.15. The fourth-order valence-electron chi connectivity index (χ4n) is 4.13. The van der Waals surface area contributed by atoms with Gasteiger partial charge in [-0.3, -0.25) is 4.79 Å². The molecule has 0 aliphatic carbocycles. The summed E-state index contributed by atoms with van der Waals surface area (Å²) in [7, 11) is 6.24. The highest BCUT2D eigenvalue weighted by atomic mass is 16.5. The number of carbonyl (C=O) groups is 1.